The summed E-state index contributed by atoms with van der Waals surface area (Å²) in [6.45, 7) is 4.21. The zero-order valence-corrected chi connectivity index (χ0v) is 11.3. The van der Waals surface area contributed by atoms with Gasteiger partial charge in [-0.25, -0.2) is 0 Å². The molecule has 1 heterocycles. The number of rotatable bonds is 5. The lowest BCUT2D eigenvalue weighted by atomic mass is 9.93. The van der Waals surface area contributed by atoms with Crippen molar-refractivity contribution in [1.29, 1.82) is 0 Å². The summed E-state index contributed by atoms with van der Waals surface area (Å²) in [6, 6.07) is 8.41. The van der Waals surface area contributed by atoms with Gasteiger partial charge in [-0.15, -0.1) is 0 Å². The molecule has 2 atom stereocenters. The lowest BCUT2D eigenvalue weighted by Crippen LogP contribution is -2.38. The number of ether oxygens (including phenoxy) is 2. The second-order valence-electron chi connectivity index (χ2n) is 5.07. The van der Waals surface area contributed by atoms with Crippen molar-refractivity contribution < 1.29 is 9.47 Å². The van der Waals surface area contributed by atoms with E-state index in [1.165, 1.54) is 12.8 Å². The fourth-order valence-electron chi connectivity index (χ4n) is 2.49. The Kier molecular flexibility index (Phi) is 4.88. The molecule has 1 aliphatic heterocycles. The van der Waals surface area contributed by atoms with Gasteiger partial charge in [0, 0.05) is 6.04 Å². The van der Waals surface area contributed by atoms with E-state index in [-0.39, 0.29) is 0 Å². The molecule has 3 heteroatoms. The Labute approximate surface area is 109 Å². The van der Waals surface area contributed by atoms with Crippen LogP contribution in [0.25, 0.3) is 0 Å². The van der Waals surface area contributed by atoms with Crippen molar-refractivity contribution in [2.75, 3.05) is 20.3 Å². The highest BCUT2D eigenvalue weighted by Gasteiger charge is 2.17. The molecule has 0 bridgehead atoms. The van der Waals surface area contributed by atoms with E-state index >= 15 is 0 Å². The van der Waals surface area contributed by atoms with Crippen LogP contribution in [0.2, 0.25) is 0 Å². The Morgan fingerprint density at radius 1 is 1.28 bits per heavy atom. The predicted molar refractivity (Wildman–Crippen MR) is 73.3 cm³/mol. The summed E-state index contributed by atoms with van der Waals surface area (Å²) in [4.78, 5) is 0. The Balaban J connectivity index is 1.77. The summed E-state index contributed by atoms with van der Waals surface area (Å²) in [5, 5.41) is 3.55. The van der Waals surface area contributed by atoms with Crippen LogP contribution in [0.3, 0.4) is 0 Å². The van der Waals surface area contributed by atoms with E-state index in [0.29, 0.717) is 6.04 Å². The Morgan fingerprint density at radius 2 is 2.06 bits per heavy atom. The van der Waals surface area contributed by atoms with E-state index in [2.05, 4.69) is 12.2 Å². The molecule has 2 rings (SSSR count). The van der Waals surface area contributed by atoms with Gasteiger partial charge in [0.25, 0.3) is 0 Å². The minimum atomic E-state index is 0.600. The molecule has 0 amide bonds. The maximum Gasteiger partial charge on any atom is 0.161 e. The van der Waals surface area contributed by atoms with E-state index in [9.17, 15) is 0 Å². The number of piperidine rings is 1. The van der Waals surface area contributed by atoms with Gasteiger partial charge in [-0.05, 0) is 43.9 Å². The van der Waals surface area contributed by atoms with E-state index in [1.54, 1.807) is 7.11 Å². The number of para-hydroxylation sites is 2. The first-order valence-electron chi connectivity index (χ1n) is 6.79. The summed E-state index contributed by atoms with van der Waals surface area (Å²) in [6.07, 6.45) is 3.61. The lowest BCUT2D eigenvalue weighted by Gasteiger charge is -2.28. The molecule has 3 nitrogen and oxygen atoms in total. The SMILES string of the molecule is COc1ccccc1OCCC1CC(C)CCN1. The lowest BCUT2D eigenvalue weighted by molar-refractivity contribution is 0.238. The smallest absolute Gasteiger partial charge is 0.161 e. The monoisotopic (exact) mass is 249 g/mol. The van der Waals surface area contributed by atoms with Crippen LogP contribution in [-0.4, -0.2) is 26.3 Å². The largest absolute Gasteiger partial charge is 0.493 e. The summed E-state index contributed by atoms with van der Waals surface area (Å²) >= 11 is 0. The van der Waals surface area contributed by atoms with E-state index < -0.39 is 0 Å². The number of methoxy groups -OCH3 is 1. The maximum atomic E-state index is 5.80. The minimum Gasteiger partial charge on any atom is -0.493 e. The first-order chi connectivity index (χ1) is 8.79. The van der Waals surface area contributed by atoms with Crippen molar-refractivity contribution in [2.45, 2.75) is 32.2 Å². The summed E-state index contributed by atoms with van der Waals surface area (Å²) < 4.78 is 11.1. The fraction of sp³-hybridized carbons (Fsp3) is 0.600. The van der Waals surface area contributed by atoms with Gasteiger partial charge in [0.05, 0.1) is 13.7 Å². The van der Waals surface area contributed by atoms with Crippen molar-refractivity contribution in [2.24, 2.45) is 5.92 Å². The van der Waals surface area contributed by atoms with Crippen molar-refractivity contribution in [3.63, 3.8) is 0 Å². The Morgan fingerprint density at radius 3 is 2.78 bits per heavy atom. The van der Waals surface area contributed by atoms with Crippen LogP contribution in [0.4, 0.5) is 0 Å². The molecule has 2 unspecified atom stereocenters. The highest BCUT2D eigenvalue weighted by molar-refractivity contribution is 5.39. The quantitative estimate of drug-likeness (QED) is 0.870. The fourth-order valence-corrected chi connectivity index (χ4v) is 2.49. The number of nitrogens with one attached hydrogen (secondary N) is 1. The van der Waals surface area contributed by atoms with Gasteiger partial charge in [0.1, 0.15) is 0 Å². The molecule has 1 aromatic rings. The van der Waals surface area contributed by atoms with Crippen molar-refractivity contribution in [1.82, 2.24) is 5.32 Å². The zero-order chi connectivity index (χ0) is 12.8. The van der Waals surface area contributed by atoms with Crippen LogP contribution >= 0.6 is 0 Å². The number of hydrogen-bond donors (Lipinski definition) is 1. The first kappa shape index (κ1) is 13.2. The van der Waals surface area contributed by atoms with Crippen LogP contribution in [0.5, 0.6) is 11.5 Å². The van der Waals surface area contributed by atoms with Gasteiger partial charge in [0.2, 0.25) is 0 Å². The number of benzene rings is 1. The Bertz CT molecular complexity index is 367. The van der Waals surface area contributed by atoms with Gasteiger partial charge in [-0.1, -0.05) is 19.1 Å². The third-order valence-corrected chi connectivity index (χ3v) is 3.55. The molecule has 0 saturated carbocycles. The van der Waals surface area contributed by atoms with Gasteiger partial charge >= 0.3 is 0 Å². The van der Waals surface area contributed by atoms with Crippen LogP contribution in [-0.2, 0) is 0 Å². The van der Waals surface area contributed by atoms with E-state index in [1.807, 2.05) is 24.3 Å². The van der Waals surface area contributed by atoms with Crippen LogP contribution < -0.4 is 14.8 Å². The van der Waals surface area contributed by atoms with Crippen molar-refractivity contribution >= 4 is 0 Å². The van der Waals surface area contributed by atoms with E-state index in [4.69, 9.17) is 9.47 Å². The minimum absolute atomic E-state index is 0.600. The average Bonchev–Trinajstić information content (AvgIpc) is 2.39. The molecular weight excluding hydrogens is 226 g/mol. The topological polar surface area (TPSA) is 30.5 Å². The second kappa shape index (κ2) is 6.64. The average molecular weight is 249 g/mol. The molecule has 100 valence electrons. The highest BCUT2D eigenvalue weighted by Crippen LogP contribution is 2.26. The molecule has 0 spiro atoms. The molecule has 0 aromatic heterocycles. The van der Waals surface area contributed by atoms with Gasteiger partial charge < -0.3 is 14.8 Å². The second-order valence-corrected chi connectivity index (χ2v) is 5.07. The molecule has 0 radical (unpaired) electrons. The van der Waals surface area contributed by atoms with Crippen LogP contribution in [0.15, 0.2) is 24.3 Å². The van der Waals surface area contributed by atoms with Crippen molar-refractivity contribution in [3.8, 4) is 11.5 Å². The Hall–Kier alpha value is -1.22. The summed E-state index contributed by atoms with van der Waals surface area (Å²) in [5.41, 5.74) is 0. The maximum absolute atomic E-state index is 5.80. The first-order valence-corrected chi connectivity index (χ1v) is 6.79. The molecule has 18 heavy (non-hydrogen) atoms. The third-order valence-electron chi connectivity index (χ3n) is 3.55. The highest BCUT2D eigenvalue weighted by atomic mass is 16.5. The van der Waals surface area contributed by atoms with E-state index in [0.717, 1.165) is 37.0 Å². The van der Waals surface area contributed by atoms with Gasteiger partial charge in [-0.3, -0.25) is 0 Å². The van der Waals surface area contributed by atoms with Crippen molar-refractivity contribution in [3.05, 3.63) is 24.3 Å². The normalized spacial score (nSPS) is 23.7. The van der Waals surface area contributed by atoms with Crippen LogP contribution in [0.1, 0.15) is 26.2 Å². The molecular formula is C15H23NO2. The molecule has 1 N–H and O–H groups in total. The van der Waals surface area contributed by atoms with Gasteiger partial charge in [0.15, 0.2) is 11.5 Å². The predicted octanol–water partition coefficient (Wildman–Crippen LogP) is 2.85. The zero-order valence-electron chi connectivity index (χ0n) is 11.3. The number of hydrogen-bond acceptors (Lipinski definition) is 3. The summed E-state index contributed by atoms with van der Waals surface area (Å²) in [7, 11) is 1.67. The molecule has 1 fully saturated rings. The van der Waals surface area contributed by atoms with Gasteiger partial charge in [-0.2, -0.15) is 0 Å². The van der Waals surface area contributed by atoms with Crippen LogP contribution in [0, 0.1) is 5.92 Å². The molecule has 1 aliphatic rings. The summed E-state index contributed by atoms with van der Waals surface area (Å²) in [5.74, 6) is 2.48. The molecule has 1 aromatic carbocycles. The molecule has 1 saturated heterocycles. The standard InChI is InChI=1S/C15H23NO2/c1-12-7-9-16-13(11-12)8-10-18-15-6-4-3-5-14(15)17-2/h3-6,12-13,16H,7-11H2,1-2H3. The molecule has 0 aliphatic carbocycles. The third kappa shape index (κ3) is 3.64.